The molecule has 2 aromatic heterocycles. The zero-order valence-electron chi connectivity index (χ0n) is 22.8. The lowest BCUT2D eigenvalue weighted by atomic mass is 10.0. The van der Waals surface area contributed by atoms with Gasteiger partial charge in [-0.25, -0.2) is 14.7 Å². The summed E-state index contributed by atoms with van der Waals surface area (Å²) in [4.78, 5) is 34.9. The first-order chi connectivity index (χ1) is 20.2. The lowest BCUT2D eigenvalue weighted by molar-refractivity contribution is -0.162. The molecule has 2 saturated heterocycles. The third-order valence-corrected chi connectivity index (χ3v) is 7.29. The predicted molar refractivity (Wildman–Crippen MR) is 156 cm³/mol. The van der Waals surface area contributed by atoms with Crippen molar-refractivity contribution in [2.24, 2.45) is 0 Å². The van der Waals surface area contributed by atoms with Crippen molar-refractivity contribution in [3.8, 4) is 28.1 Å². The molecule has 0 radical (unpaired) electrons. The molecule has 4 heterocycles. The van der Waals surface area contributed by atoms with E-state index in [2.05, 4.69) is 10.3 Å². The van der Waals surface area contributed by atoms with Crippen molar-refractivity contribution in [2.45, 2.75) is 38.4 Å². The first kappa shape index (κ1) is 26.9. The maximum Gasteiger partial charge on any atom is 0.329 e. The summed E-state index contributed by atoms with van der Waals surface area (Å²) in [5, 5.41) is 3.22. The van der Waals surface area contributed by atoms with Gasteiger partial charge in [-0.05, 0) is 67.5 Å². The van der Waals surface area contributed by atoms with Crippen molar-refractivity contribution in [3.63, 3.8) is 0 Å². The molecule has 0 spiro atoms. The number of aromatic nitrogens is 2. The molecule has 4 aromatic rings. The van der Waals surface area contributed by atoms with Crippen LogP contribution in [0.5, 0.6) is 5.75 Å². The maximum atomic E-state index is 12.4. The lowest BCUT2D eigenvalue weighted by Crippen LogP contribution is -2.31. The van der Waals surface area contributed by atoms with E-state index in [1.807, 2.05) is 48.5 Å². The fourth-order valence-corrected chi connectivity index (χ4v) is 5.08. The minimum absolute atomic E-state index is 0.0258. The Labute approximate surface area is 238 Å². The number of rotatable bonds is 10. The van der Waals surface area contributed by atoms with Crippen molar-refractivity contribution in [3.05, 3.63) is 73.1 Å². The fourth-order valence-electron chi connectivity index (χ4n) is 5.08. The summed E-state index contributed by atoms with van der Waals surface area (Å²) in [5.74, 6) is 0.531. The molecule has 0 bridgehead atoms. The number of unbranched alkanes of at least 4 members (excludes halogenated alkanes) is 1. The normalized spacial score (nSPS) is 17.2. The smallest absolute Gasteiger partial charge is 0.329 e. The number of pyridine rings is 2. The van der Waals surface area contributed by atoms with E-state index >= 15 is 0 Å². The van der Waals surface area contributed by atoms with E-state index in [9.17, 15) is 9.59 Å². The molecule has 1 N–H and O–H groups in total. The van der Waals surface area contributed by atoms with E-state index < -0.39 is 6.03 Å². The Bertz CT molecular complexity index is 1500. The summed E-state index contributed by atoms with van der Waals surface area (Å²) in [6.45, 7) is 2.12. The Balaban J connectivity index is 1.09. The van der Waals surface area contributed by atoms with Crippen molar-refractivity contribution in [2.75, 3.05) is 31.3 Å². The number of fused-ring (bicyclic) bond motifs is 1. The average Bonchev–Trinajstić information content (AvgIpc) is 3.36. The Hall–Kier alpha value is -4.34. The van der Waals surface area contributed by atoms with Crippen LogP contribution in [0.3, 0.4) is 0 Å². The van der Waals surface area contributed by atoms with Gasteiger partial charge in [-0.15, -0.1) is 0 Å². The second-order valence-corrected chi connectivity index (χ2v) is 10.1. The molecular formula is C32H32N4O5. The number of carbonyl (C=O) groups excluding carboxylic acids is 2. The molecule has 3 amide bonds. The molecular weight excluding hydrogens is 520 g/mol. The standard InChI is InChI=1S/C32H32N4O5/c37-30-21-34-32(38)36(30)29-19-28(35-27-14-15-33-20-26(27)29)24-8-6-22(7-9-24)23-10-12-25(13-11-23)39-16-3-4-18-41-31-5-1-2-17-40-31/h6-15,19-20,31H,1-5,16-18,21H2,(H,34,38). The van der Waals surface area contributed by atoms with Gasteiger partial charge in [-0.2, -0.15) is 0 Å². The molecule has 1 atom stereocenters. The van der Waals surface area contributed by atoms with Crippen LogP contribution in [-0.2, 0) is 14.3 Å². The van der Waals surface area contributed by atoms with Crippen molar-refractivity contribution < 1.29 is 23.8 Å². The summed E-state index contributed by atoms with van der Waals surface area (Å²) in [7, 11) is 0. The highest BCUT2D eigenvalue weighted by Gasteiger charge is 2.32. The molecule has 2 aliphatic rings. The number of hydrogen-bond donors (Lipinski definition) is 1. The van der Waals surface area contributed by atoms with Gasteiger partial charge < -0.3 is 19.5 Å². The molecule has 9 nitrogen and oxygen atoms in total. The summed E-state index contributed by atoms with van der Waals surface area (Å²) in [6.07, 6.45) is 8.40. The highest BCUT2D eigenvalue weighted by Crippen LogP contribution is 2.33. The van der Waals surface area contributed by atoms with Gasteiger partial charge in [0.25, 0.3) is 5.91 Å². The average molecular weight is 553 g/mol. The molecule has 6 rings (SSSR count). The van der Waals surface area contributed by atoms with Crippen molar-refractivity contribution in [1.29, 1.82) is 0 Å². The molecule has 9 heteroatoms. The van der Waals surface area contributed by atoms with Crippen LogP contribution in [0, 0.1) is 0 Å². The number of imide groups is 1. The van der Waals surface area contributed by atoms with E-state index in [-0.39, 0.29) is 18.7 Å². The number of carbonyl (C=O) groups is 2. The summed E-state index contributed by atoms with van der Waals surface area (Å²) >= 11 is 0. The quantitative estimate of drug-likeness (QED) is 0.198. The molecule has 1 unspecified atom stereocenters. The fraction of sp³-hybridized carbons (Fsp3) is 0.312. The van der Waals surface area contributed by atoms with Crippen LogP contribution >= 0.6 is 0 Å². The molecule has 0 aliphatic carbocycles. The highest BCUT2D eigenvalue weighted by molar-refractivity contribution is 6.23. The Morgan fingerprint density at radius 2 is 1.68 bits per heavy atom. The molecule has 210 valence electrons. The van der Waals surface area contributed by atoms with Gasteiger partial charge >= 0.3 is 6.03 Å². The Morgan fingerprint density at radius 1 is 0.927 bits per heavy atom. The van der Waals surface area contributed by atoms with Crippen LogP contribution in [0.2, 0.25) is 0 Å². The Morgan fingerprint density at radius 3 is 2.41 bits per heavy atom. The molecule has 2 fully saturated rings. The monoisotopic (exact) mass is 552 g/mol. The van der Waals surface area contributed by atoms with E-state index in [0.29, 0.717) is 35.5 Å². The third kappa shape index (κ3) is 6.21. The number of urea groups is 1. The first-order valence-electron chi connectivity index (χ1n) is 14.1. The third-order valence-electron chi connectivity index (χ3n) is 7.29. The van der Waals surface area contributed by atoms with E-state index in [1.165, 1.54) is 6.42 Å². The van der Waals surface area contributed by atoms with Crippen LogP contribution in [0.25, 0.3) is 33.3 Å². The topological polar surface area (TPSA) is 103 Å². The SMILES string of the molecule is O=C1CNC(=O)N1c1cc(-c2ccc(-c3ccc(OCCCCOC4CCCCO4)cc3)cc2)nc2ccncc12. The second-order valence-electron chi connectivity index (χ2n) is 10.1. The van der Waals surface area contributed by atoms with Crippen molar-refractivity contribution >= 4 is 28.5 Å². The van der Waals surface area contributed by atoms with Crippen LogP contribution < -0.4 is 15.0 Å². The number of nitrogens with one attached hydrogen (secondary N) is 1. The Kier molecular flexibility index (Phi) is 8.16. The molecule has 41 heavy (non-hydrogen) atoms. The number of hydrogen-bond acceptors (Lipinski definition) is 7. The van der Waals surface area contributed by atoms with Crippen LogP contribution in [0.15, 0.2) is 73.1 Å². The van der Waals surface area contributed by atoms with Gasteiger partial charge in [0.15, 0.2) is 6.29 Å². The minimum Gasteiger partial charge on any atom is -0.494 e. The number of amides is 3. The van der Waals surface area contributed by atoms with E-state index in [1.54, 1.807) is 24.5 Å². The van der Waals surface area contributed by atoms with Gasteiger partial charge in [0.05, 0.1) is 30.0 Å². The lowest BCUT2D eigenvalue weighted by Gasteiger charge is -2.22. The summed E-state index contributed by atoms with van der Waals surface area (Å²) in [5.41, 5.74) is 4.80. The van der Waals surface area contributed by atoms with Gasteiger partial charge in [0.1, 0.15) is 5.75 Å². The zero-order chi connectivity index (χ0) is 28.0. The minimum atomic E-state index is -0.446. The number of nitrogens with zero attached hydrogens (tertiary/aromatic N) is 3. The van der Waals surface area contributed by atoms with Crippen LogP contribution in [0.4, 0.5) is 10.5 Å². The van der Waals surface area contributed by atoms with E-state index in [4.69, 9.17) is 19.2 Å². The van der Waals surface area contributed by atoms with Crippen LogP contribution in [-0.4, -0.2) is 54.6 Å². The maximum absolute atomic E-state index is 12.4. The number of ether oxygens (including phenoxy) is 3. The van der Waals surface area contributed by atoms with Crippen molar-refractivity contribution in [1.82, 2.24) is 15.3 Å². The largest absolute Gasteiger partial charge is 0.494 e. The highest BCUT2D eigenvalue weighted by atomic mass is 16.7. The zero-order valence-corrected chi connectivity index (χ0v) is 22.8. The number of anilines is 1. The van der Waals surface area contributed by atoms with Gasteiger partial charge in [0.2, 0.25) is 0 Å². The predicted octanol–water partition coefficient (Wildman–Crippen LogP) is 5.72. The van der Waals surface area contributed by atoms with Gasteiger partial charge in [0, 0.05) is 36.6 Å². The summed E-state index contributed by atoms with van der Waals surface area (Å²) < 4.78 is 17.3. The molecule has 0 saturated carbocycles. The summed E-state index contributed by atoms with van der Waals surface area (Å²) in [6, 6.07) is 19.2. The van der Waals surface area contributed by atoms with Gasteiger partial charge in [-0.3, -0.25) is 9.78 Å². The molecule has 2 aliphatic heterocycles. The van der Waals surface area contributed by atoms with E-state index in [0.717, 1.165) is 59.6 Å². The second kappa shape index (κ2) is 12.4. The molecule has 2 aromatic carbocycles. The van der Waals surface area contributed by atoms with Crippen LogP contribution in [0.1, 0.15) is 32.1 Å². The first-order valence-corrected chi connectivity index (χ1v) is 14.1. The van der Waals surface area contributed by atoms with Gasteiger partial charge in [-0.1, -0.05) is 36.4 Å². The number of benzene rings is 2.